The van der Waals surface area contributed by atoms with Crippen LogP contribution in [0.5, 0.6) is 0 Å². The van der Waals surface area contributed by atoms with Gasteiger partial charge in [0.25, 0.3) is 0 Å². The Bertz CT molecular complexity index is 313. The van der Waals surface area contributed by atoms with Crippen molar-refractivity contribution in [2.24, 2.45) is 5.92 Å². The van der Waals surface area contributed by atoms with Gasteiger partial charge in [-0.15, -0.1) is 0 Å². The van der Waals surface area contributed by atoms with Crippen molar-refractivity contribution >= 4 is 0 Å². The topological polar surface area (TPSA) is 32.3 Å². The molecule has 0 fully saturated rings. The predicted octanol–water partition coefficient (Wildman–Crippen LogP) is 2.41. The Hall–Kier alpha value is -0.860. The van der Waals surface area contributed by atoms with Crippen molar-refractivity contribution in [1.29, 1.82) is 0 Å². The van der Waals surface area contributed by atoms with Gasteiger partial charge in [-0.3, -0.25) is 0 Å². The zero-order chi connectivity index (χ0) is 12.1. The van der Waals surface area contributed by atoms with Gasteiger partial charge in [0.1, 0.15) is 0 Å². The van der Waals surface area contributed by atoms with E-state index in [1.54, 1.807) is 0 Å². The lowest BCUT2D eigenvalue weighted by molar-refractivity contribution is 0.210. The molecule has 2 heteroatoms. The molecule has 0 heterocycles. The van der Waals surface area contributed by atoms with E-state index in [1.165, 1.54) is 16.7 Å². The van der Waals surface area contributed by atoms with Crippen LogP contribution in [-0.4, -0.2) is 17.8 Å². The molecule has 0 spiro atoms. The predicted molar refractivity (Wildman–Crippen MR) is 68.5 cm³/mol. The van der Waals surface area contributed by atoms with E-state index in [-0.39, 0.29) is 12.6 Å². The van der Waals surface area contributed by atoms with Crippen LogP contribution in [0.4, 0.5) is 0 Å². The Morgan fingerprint density at radius 1 is 1.12 bits per heavy atom. The average molecular weight is 221 g/mol. The molecule has 1 rings (SSSR count). The van der Waals surface area contributed by atoms with Crippen LogP contribution in [0.1, 0.15) is 30.5 Å². The summed E-state index contributed by atoms with van der Waals surface area (Å²) in [5, 5.41) is 12.6. The summed E-state index contributed by atoms with van der Waals surface area (Å²) in [6, 6.07) is 6.74. The fourth-order valence-corrected chi connectivity index (χ4v) is 1.93. The highest BCUT2D eigenvalue weighted by molar-refractivity contribution is 5.28. The van der Waals surface area contributed by atoms with Crippen molar-refractivity contribution in [2.75, 3.05) is 6.61 Å². The van der Waals surface area contributed by atoms with E-state index in [4.69, 9.17) is 0 Å². The summed E-state index contributed by atoms with van der Waals surface area (Å²) in [5.74, 6) is 0.455. The molecule has 1 aromatic rings. The summed E-state index contributed by atoms with van der Waals surface area (Å²) in [4.78, 5) is 0. The minimum atomic E-state index is 0.181. The molecule has 0 aliphatic carbocycles. The molecule has 0 amide bonds. The summed E-state index contributed by atoms with van der Waals surface area (Å²) >= 11 is 0. The van der Waals surface area contributed by atoms with Crippen LogP contribution in [0.2, 0.25) is 0 Å². The highest BCUT2D eigenvalue weighted by Crippen LogP contribution is 2.09. The van der Waals surface area contributed by atoms with Crippen LogP contribution < -0.4 is 5.32 Å². The number of benzene rings is 1. The molecular weight excluding hydrogens is 198 g/mol. The molecule has 0 aliphatic heterocycles. The van der Waals surface area contributed by atoms with Gasteiger partial charge in [0.15, 0.2) is 0 Å². The summed E-state index contributed by atoms with van der Waals surface area (Å²) in [6.45, 7) is 9.49. The van der Waals surface area contributed by atoms with E-state index in [9.17, 15) is 5.11 Å². The molecule has 0 saturated heterocycles. The van der Waals surface area contributed by atoms with Gasteiger partial charge in [-0.05, 0) is 25.3 Å². The van der Waals surface area contributed by atoms with Gasteiger partial charge in [0.2, 0.25) is 0 Å². The molecule has 2 N–H and O–H groups in total. The molecule has 0 aromatic heterocycles. The van der Waals surface area contributed by atoms with Gasteiger partial charge in [-0.25, -0.2) is 0 Å². The third-order valence-corrected chi connectivity index (χ3v) is 2.85. The lowest BCUT2D eigenvalue weighted by Gasteiger charge is -2.20. The maximum atomic E-state index is 9.22. The summed E-state index contributed by atoms with van der Waals surface area (Å²) < 4.78 is 0. The van der Waals surface area contributed by atoms with E-state index >= 15 is 0 Å². The Morgan fingerprint density at radius 3 is 2.12 bits per heavy atom. The van der Waals surface area contributed by atoms with Crippen LogP contribution >= 0.6 is 0 Å². The third kappa shape index (κ3) is 3.95. The monoisotopic (exact) mass is 221 g/mol. The maximum absolute atomic E-state index is 9.22. The van der Waals surface area contributed by atoms with Gasteiger partial charge in [0, 0.05) is 12.6 Å². The van der Waals surface area contributed by atoms with Gasteiger partial charge in [-0.1, -0.05) is 43.2 Å². The Morgan fingerprint density at radius 2 is 1.69 bits per heavy atom. The first-order valence-electron chi connectivity index (χ1n) is 5.94. The summed E-state index contributed by atoms with van der Waals surface area (Å²) in [7, 11) is 0. The molecule has 2 nitrogen and oxygen atoms in total. The minimum Gasteiger partial charge on any atom is -0.395 e. The molecule has 0 bridgehead atoms. The normalized spacial score (nSPS) is 13.1. The van der Waals surface area contributed by atoms with Crippen molar-refractivity contribution in [3.63, 3.8) is 0 Å². The second kappa shape index (κ2) is 6.02. The molecule has 90 valence electrons. The molecule has 0 unspecified atom stereocenters. The third-order valence-electron chi connectivity index (χ3n) is 2.85. The van der Waals surface area contributed by atoms with Crippen LogP contribution in [0.15, 0.2) is 18.2 Å². The SMILES string of the molecule is Cc1cc(C)cc(CN[C@H](CO)C(C)C)c1. The Labute approximate surface area is 98.7 Å². The molecule has 0 aliphatic rings. The van der Waals surface area contributed by atoms with E-state index in [0.29, 0.717) is 5.92 Å². The molecule has 1 aromatic carbocycles. The fraction of sp³-hybridized carbons (Fsp3) is 0.571. The molecule has 1 atom stereocenters. The first-order valence-corrected chi connectivity index (χ1v) is 5.94. The van der Waals surface area contributed by atoms with E-state index in [2.05, 4.69) is 51.2 Å². The number of rotatable bonds is 5. The average Bonchev–Trinajstić information content (AvgIpc) is 2.16. The second-order valence-corrected chi connectivity index (χ2v) is 4.91. The smallest absolute Gasteiger partial charge is 0.0587 e. The zero-order valence-corrected chi connectivity index (χ0v) is 10.7. The molecule has 16 heavy (non-hydrogen) atoms. The Kier molecular flexibility index (Phi) is 4.97. The first-order chi connectivity index (χ1) is 7.52. The van der Waals surface area contributed by atoms with Crippen LogP contribution in [0, 0.1) is 19.8 Å². The van der Waals surface area contributed by atoms with Crippen LogP contribution in [-0.2, 0) is 6.54 Å². The fourth-order valence-electron chi connectivity index (χ4n) is 1.93. The van der Waals surface area contributed by atoms with Gasteiger partial charge in [0.05, 0.1) is 6.61 Å². The van der Waals surface area contributed by atoms with Crippen molar-refractivity contribution < 1.29 is 5.11 Å². The maximum Gasteiger partial charge on any atom is 0.0587 e. The quantitative estimate of drug-likeness (QED) is 0.800. The number of aliphatic hydroxyl groups is 1. The van der Waals surface area contributed by atoms with Gasteiger partial charge in [-0.2, -0.15) is 0 Å². The second-order valence-electron chi connectivity index (χ2n) is 4.91. The zero-order valence-electron chi connectivity index (χ0n) is 10.7. The van der Waals surface area contributed by atoms with E-state index in [0.717, 1.165) is 6.54 Å². The standard InChI is InChI=1S/C14H23NO/c1-10(2)14(9-16)15-8-13-6-11(3)5-12(4)7-13/h5-7,10,14-16H,8-9H2,1-4H3/t14-/m1/s1. The van der Waals surface area contributed by atoms with Gasteiger partial charge >= 0.3 is 0 Å². The van der Waals surface area contributed by atoms with Crippen molar-refractivity contribution in [3.05, 3.63) is 34.9 Å². The minimum absolute atomic E-state index is 0.181. The number of aliphatic hydroxyl groups excluding tert-OH is 1. The molecule has 0 radical (unpaired) electrons. The Balaban J connectivity index is 2.60. The number of hydrogen-bond donors (Lipinski definition) is 2. The number of nitrogens with one attached hydrogen (secondary N) is 1. The van der Waals surface area contributed by atoms with Gasteiger partial charge < -0.3 is 10.4 Å². The van der Waals surface area contributed by atoms with Crippen molar-refractivity contribution in [2.45, 2.75) is 40.3 Å². The highest BCUT2D eigenvalue weighted by atomic mass is 16.3. The van der Waals surface area contributed by atoms with Crippen molar-refractivity contribution in [1.82, 2.24) is 5.32 Å². The van der Waals surface area contributed by atoms with E-state index < -0.39 is 0 Å². The summed E-state index contributed by atoms with van der Waals surface area (Å²) in [6.07, 6.45) is 0. The van der Waals surface area contributed by atoms with E-state index in [1.807, 2.05) is 0 Å². The largest absolute Gasteiger partial charge is 0.395 e. The molecular formula is C14H23NO. The van der Waals surface area contributed by atoms with Crippen LogP contribution in [0.3, 0.4) is 0 Å². The number of aryl methyl sites for hydroxylation is 2. The lowest BCUT2D eigenvalue weighted by atomic mass is 10.0. The lowest BCUT2D eigenvalue weighted by Crippen LogP contribution is -2.36. The number of hydrogen-bond acceptors (Lipinski definition) is 2. The highest BCUT2D eigenvalue weighted by Gasteiger charge is 2.10. The van der Waals surface area contributed by atoms with Crippen LogP contribution in [0.25, 0.3) is 0 Å². The van der Waals surface area contributed by atoms with Crippen molar-refractivity contribution in [3.8, 4) is 0 Å². The summed E-state index contributed by atoms with van der Waals surface area (Å²) in [5.41, 5.74) is 3.88. The molecule has 0 saturated carbocycles. The first kappa shape index (κ1) is 13.2.